The van der Waals surface area contributed by atoms with E-state index in [9.17, 15) is 9.59 Å². The Morgan fingerprint density at radius 1 is 1.62 bits per heavy atom. The number of aldehydes is 1. The summed E-state index contributed by atoms with van der Waals surface area (Å²) in [5.74, 6) is -0.438. The molecule has 0 bridgehead atoms. The van der Waals surface area contributed by atoms with Gasteiger partial charge in [0.15, 0.2) is 10.6 Å². The van der Waals surface area contributed by atoms with E-state index >= 15 is 0 Å². The molecule has 0 fully saturated rings. The van der Waals surface area contributed by atoms with Gasteiger partial charge in [0.2, 0.25) is 0 Å². The van der Waals surface area contributed by atoms with Gasteiger partial charge in [-0.3, -0.25) is 4.79 Å². The van der Waals surface area contributed by atoms with Gasteiger partial charge in [0.05, 0.1) is 5.38 Å². The SMILES string of the molecule is CC(=O)OCC(Cl)CC(Cl)(Cl)C=O. The van der Waals surface area contributed by atoms with Gasteiger partial charge in [-0.1, -0.05) is 23.2 Å². The summed E-state index contributed by atoms with van der Waals surface area (Å²) in [6, 6.07) is 0. The second-order valence-electron chi connectivity index (χ2n) is 2.48. The van der Waals surface area contributed by atoms with E-state index in [4.69, 9.17) is 34.8 Å². The summed E-state index contributed by atoms with van der Waals surface area (Å²) in [5.41, 5.74) is 0. The Kier molecular flexibility index (Phi) is 5.68. The lowest BCUT2D eigenvalue weighted by Gasteiger charge is -2.15. The number of halogens is 3. The maximum atomic E-state index is 10.4. The zero-order valence-electron chi connectivity index (χ0n) is 6.93. The van der Waals surface area contributed by atoms with Crippen LogP contribution in [0.2, 0.25) is 0 Å². The van der Waals surface area contributed by atoms with Crippen molar-refractivity contribution in [2.45, 2.75) is 23.1 Å². The largest absolute Gasteiger partial charge is 0.464 e. The van der Waals surface area contributed by atoms with Crippen molar-refractivity contribution in [3.8, 4) is 0 Å². The summed E-state index contributed by atoms with van der Waals surface area (Å²) < 4.78 is 3.08. The molecular formula is C7H9Cl3O3. The number of hydrogen-bond acceptors (Lipinski definition) is 3. The predicted molar refractivity (Wildman–Crippen MR) is 51.4 cm³/mol. The van der Waals surface area contributed by atoms with Gasteiger partial charge >= 0.3 is 5.97 Å². The predicted octanol–water partition coefficient (Wildman–Crippen LogP) is 1.92. The zero-order chi connectivity index (χ0) is 10.5. The van der Waals surface area contributed by atoms with Crippen LogP contribution in [0.1, 0.15) is 13.3 Å². The van der Waals surface area contributed by atoms with Crippen molar-refractivity contribution in [3.63, 3.8) is 0 Å². The highest BCUT2D eigenvalue weighted by atomic mass is 35.5. The van der Waals surface area contributed by atoms with E-state index in [2.05, 4.69) is 4.74 Å². The highest BCUT2D eigenvalue weighted by Gasteiger charge is 2.27. The van der Waals surface area contributed by atoms with Gasteiger partial charge in [-0.25, -0.2) is 0 Å². The zero-order valence-corrected chi connectivity index (χ0v) is 9.20. The summed E-state index contributed by atoms with van der Waals surface area (Å²) in [6.07, 6.45) is 0.424. The first kappa shape index (κ1) is 13.0. The van der Waals surface area contributed by atoms with Gasteiger partial charge in [0.1, 0.15) is 6.61 Å². The van der Waals surface area contributed by atoms with Crippen LogP contribution < -0.4 is 0 Å². The van der Waals surface area contributed by atoms with E-state index in [0.29, 0.717) is 6.29 Å². The van der Waals surface area contributed by atoms with Crippen LogP contribution in [-0.4, -0.2) is 28.6 Å². The van der Waals surface area contributed by atoms with E-state index < -0.39 is 15.7 Å². The quantitative estimate of drug-likeness (QED) is 0.423. The number of ether oxygens (including phenoxy) is 1. The molecule has 0 aliphatic heterocycles. The molecule has 0 N–H and O–H groups in total. The monoisotopic (exact) mass is 246 g/mol. The number of esters is 1. The molecule has 76 valence electrons. The van der Waals surface area contributed by atoms with Crippen LogP contribution in [0.3, 0.4) is 0 Å². The summed E-state index contributed by atoms with van der Waals surface area (Å²) >= 11 is 16.7. The molecular weight excluding hydrogens is 238 g/mol. The van der Waals surface area contributed by atoms with Crippen molar-refractivity contribution >= 4 is 47.1 Å². The first-order chi connectivity index (χ1) is 5.87. The van der Waals surface area contributed by atoms with Crippen LogP contribution in [0, 0.1) is 0 Å². The van der Waals surface area contributed by atoms with Crippen molar-refractivity contribution in [1.82, 2.24) is 0 Å². The molecule has 0 aromatic rings. The van der Waals surface area contributed by atoms with Crippen LogP contribution in [0.25, 0.3) is 0 Å². The smallest absolute Gasteiger partial charge is 0.302 e. The molecule has 0 aliphatic rings. The minimum Gasteiger partial charge on any atom is -0.464 e. The highest BCUT2D eigenvalue weighted by Crippen LogP contribution is 2.26. The molecule has 6 heteroatoms. The molecule has 0 rings (SSSR count). The van der Waals surface area contributed by atoms with E-state index in [1.54, 1.807) is 0 Å². The average Bonchev–Trinajstić information content (AvgIpc) is 2.00. The molecule has 0 saturated heterocycles. The maximum Gasteiger partial charge on any atom is 0.302 e. The molecule has 0 radical (unpaired) electrons. The van der Waals surface area contributed by atoms with Crippen LogP contribution in [0.4, 0.5) is 0 Å². The number of rotatable bonds is 5. The Balaban J connectivity index is 3.80. The van der Waals surface area contributed by atoms with Crippen molar-refractivity contribution in [2.24, 2.45) is 0 Å². The van der Waals surface area contributed by atoms with Gasteiger partial charge in [-0.05, 0) is 0 Å². The Hall–Kier alpha value is 0.01000. The average molecular weight is 248 g/mol. The lowest BCUT2D eigenvalue weighted by atomic mass is 10.2. The minimum atomic E-state index is -1.51. The molecule has 1 unspecified atom stereocenters. The fourth-order valence-corrected chi connectivity index (χ4v) is 1.45. The summed E-state index contributed by atoms with van der Waals surface area (Å²) in [7, 11) is 0. The molecule has 0 aliphatic carbocycles. The number of alkyl halides is 3. The van der Waals surface area contributed by atoms with Crippen LogP contribution in [0.5, 0.6) is 0 Å². The summed E-state index contributed by atoms with van der Waals surface area (Å²) in [5, 5.41) is -0.566. The minimum absolute atomic E-state index is 0.00802. The molecule has 0 aromatic heterocycles. The summed E-state index contributed by atoms with van der Waals surface area (Å²) in [6.45, 7) is 1.25. The first-order valence-electron chi connectivity index (χ1n) is 3.49. The molecule has 0 spiro atoms. The van der Waals surface area contributed by atoms with Gasteiger partial charge < -0.3 is 9.53 Å². The first-order valence-corrected chi connectivity index (χ1v) is 4.68. The highest BCUT2D eigenvalue weighted by molar-refractivity contribution is 6.55. The summed E-state index contributed by atoms with van der Waals surface area (Å²) in [4.78, 5) is 20.6. The lowest BCUT2D eigenvalue weighted by molar-refractivity contribution is -0.140. The van der Waals surface area contributed by atoms with Crippen molar-refractivity contribution < 1.29 is 14.3 Å². The third-order valence-electron chi connectivity index (χ3n) is 1.13. The van der Waals surface area contributed by atoms with Gasteiger partial charge in [-0.2, -0.15) is 0 Å². The fourth-order valence-electron chi connectivity index (χ4n) is 0.610. The second kappa shape index (κ2) is 5.68. The van der Waals surface area contributed by atoms with Crippen molar-refractivity contribution in [1.29, 1.82) is 0 Å². The van der Waals surface area contributed by atoms with Crippen LogP contribution in [-0.2, 0) is 14.3 Å². The van der Waals surface area contributed by atoms with Crippen molar-refractivity contribution in [3.05, 3.63) is 0 Å². The van der Waals surface area contributed by atoms with E-state index in [-0.39, 0.29) is 13.0 Å². The van der Waals surface area contributed by atoms with E-state index in [0.717, 1.165) is 0 Å². The molecule has 13 heavy (non-hydrogen) atoms. The molecule has 0 heterocycles. The lowest BCUT2D eigenvalue weighted by Crippen LogP contribution is -2.24. The fraction of sp³-hybridized carbons (Fsp3) is 0.714. The third-order valence-corrected chi connectivity index (χ3v) is 1.90. The molecule has 0 saturated carbocycles. The Morgan fingerprint density at radius 2 is 2.15 bits per heavy atom. The maximum absolute atomic E-state index is 10.4. The van der Waals surface area contributed by atoms with Crippen molar-refractivity contribution in [2.75, 3.05) is 6.61 Å². The number of hydrogen-bond donors (Lipinski definition) is 0. The van der Waals surface area contributed by atoms with E-state index in [1.807, 2.05) is 0 Å². The topological polar surface area (TPSA) is 43.4 Å². The Labute approximate surface area is 91.3 Å². The Bertz CT molecular complexity index is 193. The van der Waals surface area contributed by atoms with Gasteiger partial charge in [0, 0.05) is 13.3 Å². The van der Waals surface area contributed by atoms with Gasteiger partial charge in [-0.15, -0.1) is 11.6 Å². The van der Waals surface area contributed by atoms with Gasteiger partial charge in [0.25, 0.3) is 0 Å². The number of carbonyl (C=O) groups is 2. The van der Waals surface area contributed by atoms with Crippen LogP contribution >= 0.6 is 34.8 Å². The molecule has 0 aromatic carbocycles. The Morgan fingerprint density at radius 3 is 2.54 bits per heavy atom. The molecule has 3 nitrogen and oxygen atoms in total. The normalized spacial score (nSPS) is 13.5. The molecule has 1 atom stereocenters. The second-order valence-corrected chi connectivity index (χ2v) is 4.64. The number of carbonyl (C=O) groups excluding carboxylic acids is 2. The van der Waals surface area contributed by atoms with Crippen LogP contribution in [0.15, 0.2) is 0 Å². The standard InChI is InChI=1S/C7H9Cl3O3/c1-5(12)13-3-6(8)2-7(9,10)4-11/h4,6H,2-3H2,1H3. The third kappa shape index (κ3) is 7.11. The molecule has 0 amide bonds. The van der Waals surface area contributed by atoms with E-state index in [1.165, 1.54) is 6.92 Å².